The lowest BCUT2D eigenvalue weighted by Gasteiger charge is -2.34. The van der Waals surface area contributed by atoms with Crippen molar-refractivity contribution in [2.45, 2.75) is 57.5 Å². The molecule has 0 spiro atoms. The minimum absolute atomic E-state index is 0.0347. The summed E-state index contributed by atoms with van der Waals surface area (Å²) in [7, 11) is -3.59. The van der Waals surface area contributed by atoms with Crippen LogP contribution in [0.15, 0.2) is 23.1 Å². The lowest BCUT2D eigenvalue weighted by Crippen LogP contribution is -2.50. The van der Waals surface area contributed by atoms with E-state index in [2.05, 4.69) is 0 Å². The molecule has 1 atom stereocenters. The monoisotopic (exact) mass is 465 g/mol. The molecule has 0 saturated carbocycles. The van der Waals surface area contributed by atoms with Crippen LogP contribution in [0, 0.1) is 13.8 Å². The Balaban J connectivity index is 1.49. The molecule has 2 saturated heterocycles. The third-order valence-corrected chi connectivity index (χ3v) is 8.33. The van der Waals surface area contributed by atoms with Gasteiger partial charge >= 0.3 is 0 Å². The molecule has 9 heteroatoms. The molecule has 1 unspecified atom stereocenters. The molecule has 178 valence electrons. The van der Waals surface area contributed by atoms with Gasteiger partial charge in [0.25, 0.3) is 0 Å². The second kappa shape index (κ2) is 10.8. The molecule has 1 aromatic carbocycles. The number of hydrogen-bond donors (Lipinski definition) is 0. The van der Waals surface area contributed by atoms with Crippen LogP contribution in [0.1, 0.15) is 43.7 Å². The van der Waals surface area contributed by atoms with E-state index in [1.807, 2.05) is 26.0 Å². The first-order valence-electron chi connectivity index (χ1n) is 11.5. The van der Waals surface area contributed by atoms with Crippen LogP contribution in [0.4, 0.5) is 0 Å². The van der Waals surface area contributed by atoms with Crippen molar-refractivity contribution >= 4 is 21.8 Å². The zero-order chi connectivity index (χ0) is 23.3. The van der Waals surface area contributed by atoms with Gasteiger partial charge in [-0.3, -0.25) is 9.59 Å². The number of carbonyl (C=O) groups is 2. The molecule has 2 aliphatic rings. The zero-order valence-corrected chi connectivity index (χ0v) is 20.2. The maximum absolute atomic E-state index is 13.1. The van der Waals surface area contributed by atoms with Crippen LogP contribution in [0.5, 0.6) is 0 Å². The summed E-state index contributed by atoms with van der Waals surface area (Å²) in [5.74, 6) is -0.136. The van der Waals surface area contributed by atoms with Gasteiger partial charge in [-0.1, -0.05) is 12.1 Å². The fraction of sp³-hybridized carbons (Fsp3) is 0.652. The summed E-state index contributed by atoms with van der Waals surface area (Å²) in [5, 5.41) is 0. The van der Waals surface area contributed by atoms with Crippen LogP contribution >= 0.6 is 0 Å². The summed E-state index contributed by atoms with van der Waals surface area (Å²) < 4.78 is 33.2. The lowest BCUT2D eigenvalue weighted by molar-refractivity contribution is -0.138. The molecule has 0 N–H and O–H groups in total. The molecule has 3 rings (SSSR count). The highest BCUT2D eigenvalue weighted by molar-refractivity contribution is 7.89. The smallest absolute Gasteiger partial charge is 0.243 e. The number of benzene rings is 1. The fourth-order valence-electron chi connectivity index (χ4n) is 4.27. The third kappa shape index (κ3) is 5.88. The van der Waals surface area contributed by atoms with Crippen LogP contribution < -0.4 is 0 Å². The second-order valence-electron chi connectivity index (χ2n) is 8.62. The highest BCUT2D eigenvalue weighted by Crippen LogP contribution is 2.23. The van der Waals surface area contributed by atoms with Crippen molar-refractivity contribution in [1.29, 1.82) is 0 Å². The largest absolute Gasteiger partial charge is 0.376 e. The Labute approximate surface area is 191 Å². The highest BCUT2D eigenvalue weighted by atomic mass is 32.2. The summed E-state index contributed by atoms with van der Waals surface area (Å²) in [5.41, 5.74) is 1.62. The zero-order valence-electron chi connectivity index (χ0n) is 19.4. The van der Waals surface area contributed by atoms with Crippen molar-refractivity contribution in [2.24, 2.45) is 0 Å². The van der Waals surface area contributed by atoms with Crippen molar-refractivity contribution in [3.8, 4) is 0 Å². The van der Waals surface area contributed by atoms with E-state index in [9.17, 15) is 18.0 Å². The van der Waals surface area contributed by atoms with E-state index in [0.717, 1.165) is 30.6 Å². The van der Waals surface area contributed by atoms with Crippen molar-refractivity contribution in [1.82, 2.24) is 14.1 Å². The summed E-state index contributed by atoms with van der Waals surface area (Å²) in [6.45, 7) is 8.73. The molecule has 2 fully saturated rings. The number of nitrogens with zero attached hydrogens (tertiary/aromatic N) is 3. The summed E-state index contributed by atoms with van der Waals surface area (Å²) >= 11 is 0. The van der Waals surface area contributed by atoms with Crippen LogP contribution in [0.2, 0.25) is 0 Å². The number of ether oxygens (including phenoxy) is 1. The Hall–Kier alpha value is -1.97. The average Bonchev–Trinajstić information content (AvgIpc) is 3.30. The SMILES string of the molecule is CCN(CC1CCCO1)C(=O)CCC(=O)N1CCN(S(=O)(=O)c2cc(C)ccc2C)CC1. The van der Waals surface area contributed by atoms with Crippen LogP contribution in [0.25, 0.3) is 0 Å². The summed E-state index contributed by atoms with van der Waals surface area (Å²) in [6.07, 6.45) is 2.41. The molecular weight excluding hydrogens is 430 g/mol. The number of sulfonamides is 1. The Morgan fingerprint density at radius 1 is 1.12 bits per heavy atom. The predicted molar refractivity (Wildman–Crippen MR) is 122 cm³/mol. The van der Waals surface area contributed by atoms with Gasteiger partial charge in [0.15, 0.2) is 0 Å². The molecule has 2 heterocycles. The standard InChI is InChI=1S/C23H35N3O5S/c1-4-24(17-20-6-5-15-31-20)22(27)9-10-23(28)25-11-13-26(14-12-25)32(29,30)21-16-18(2)7-8-19(21)3/h7-8,16,20H,4-6,9-15,17H2,1-3H3. The van der Waals surface area contributed by atoms with Crippen molar-refractivity contribution in [3.05, 3.63) is 29.3 Å². The Kier molecular flexibility index (Phi) is 8.30. The van der Waals surface area contributed by atoms with E-state index in [-0.39, 0.29) is 43.8 Å². The molecule has 0 bridgehead atoms. The number of hydrogen-bond acceptors (Lipinski definition) is 5. The van der Waals surface area contributed by atoms with Gasteiger partial charge in [-0.25, -0.2) is 8.42 Å². The molecule has 2 aliphatic heterocycles. The molecule has 0 aromatic heterocycles. The number of amides is 2. The highest BCUT2D eigenvalue weighted by Gasteiger charge is 2.31. The first-order chi connectivity index (χ1) is 15.2. The first kappa shape index (κ1) is 24.7. The van der Waals surface area contributed by atoms with E-state index < -0.39 is 10.0 Å². The van der Waals surface area contributed by atoms with Gasteiger partial charge in [0.2, 0.25) is 21.8 Å². The van der Waals surface area contributed by atoms with Crippen LogP contribution in [-0.4, -0.2) is 86.3 Å². The van der Waals surface area contributed by atoms with E-state index >= 15 is 0 Å². The van der Waals surface area contributed by atoms with Crippen molar-refractivity contribution in [3.63, 3.8) is 0 Å². The van der Waals surface area contributed by atoms with Gasteiger partial charge in [0, 0.05) is 58.7 Å². The fourth-order valence-corrected chi connectivity index (χ4v) is 6.01. The van der Waals surface area contributed by atoms with Gasteiger partial charge in [-0.05, 0) is 50.8 Å². The molecular formula is C23H35N3O5S. The van der Waals surface area contributed by atoms with Crippen LogP contribution in [-0.2, 0) is 24.3 Å². The van der Waals surface area contributed by atoms with Crippen molar-refractivity contribution < 1.29 is 22.7 Å². The van der Waals surface area contributed by atoms with Gasteiger partial charge in [-0.15, -0.1) is 0 Å². The van der Waals surface area contributed by atoms with E-state index in [1.54, 1.807) is 22.8 Å². The maximum atomic E-state index is 13.1. The minimum atomic E-state index is -3.59. The Morgan fingerprint density at radius 3 is 2.47 bits per heavy atom. The van der Waals surface area contributed by atoms with Crippen molar-refractivity contribution in [2.75, 3.05) is 45.9 Å². The predicted octanol–water partition coefficient (Wildman–Crippen LogP) is 1.94. The molecule has 0 aliphatic carbocycles. The summed E-state index contributed by atoms with van der Waals surface area (Å²) in [6, 6.07) is 5.41. The Morgan fingerprint density at radius 2 is 1.84 bits per heavy atom. The van der Waals surface area contributed by atoms with E-state index in [4.69, 9.17) is 4.74 Å². The van der Waals surface area contributed by atoms with E-state index in [0.29, 0.717) is 31.1 Å². The first-order valence-corrected chi connectivity index (χ1v) is 12.9. The lowest BCUT2D eigenvalue weighted by atomic mass is 10.2. The number of aryl methyl sites for hydroxylation is 2. The Bertz CT molecular complexity index is 920. The molecule has 1 aromatic rings. The number of likely N-dealkylation sites (N-methyl/N-ethyl adjacent to an activating group) is 1. The molecule has 8 nitrogen and oxygen atoms in total. The molecule has 32 heavy (non-hydrogen) atoms. The summed E-state index contributed by atoms with van der Waals surface area (Å²) in [4.78, 5) is 29.0. The number of piperazine rings is 1. The molecule has 2 amide bonds. The minimum Gasteiger partial charge on any atom is -0.376 e. The third-order valence-electron chi connectivity index (χ3n) is 6.29. The topological polar surface area (TPSA) is 87.2 Å². The number of carbonyl (C=O) groups excluding carboxylic acids is 2. The molecule has 0 radical (unpaired) electrons. The van der Waals surface area contributed by atoms with Gasteiger partial charge < -0.3 is 14.5 Å². The quantitative estimate of drug-likeness (QED) is 0.586. The number of rotatable bonds is 8. The van der Waals surface area contributed by atoms with Gasteiger partial charge in [0.05, 0.1) is 11.0 Å². The second-order valence-corrected chi connectivity index (χ2v) is 10.5. The normalized spacial score (nSPS) is 19.8. The average molecular weight is 466 g/mol. The van der Waals surface area contributed by atoms with Crippen LogP contribution in [0.3, 0.4) is 0 Å². The van der Waals surface area contributed by atoms with Gasteiger partial charge in [-0.2, -0.15) is 4.31 Å². The van der Waals surface area contributed by atoms with E-state index in [1.165, 1.54) is 4.31 Å². The van der Waals surface area contributed by atoms with Gasteiger partial charge in [0.1, 0.15) is 0 Å². The maximum Gasteiger partial charge on any atom is 0.243 e.